The van der Waals surface area contributed by atoms with Crippen LogP contribution in [-0.2, 0) is 19.1 Å². The average molecular weight is 308 g/mol. The van der Waals surface area contributed by atoms with Crippen LogP contribution in [0.25, 0.3) is 0 Å². The molecule has 0 saturated carbocycles. The van der Waals surface area contributed by atoms with E-state index in [1.54, 1.807) is 43.0 Å². The molecule has 0 aliphatic rings. The van der Waals surface area contributed by atoms with Gasteiger partial charge in [-0.05, 0) is 31.5 Å². The molecule has 0 saturated heterocycles. The van der Waals surface area contributed by atoms with Crippen molar-refractivity contribution in [2.75, 3.05) is 31.2 Å². The highest BCUT2D eigenvalue weighted by atomic mass is 16.5. The molecule has 22 heavy (non-hydrogen) atoms. The Kier molecular flexibility index (Phi) is 7.45. The maximum Gasteiger partial charge on any atom is 0.325 e. The molecule has 1 N–H and O–H groups in total. The number of nitrogens with zero attached hydrogens (tertiary/aromatic N) is 2. The molecule has 0 radical (unpaired) electrons. The lowest BCUT2D eigenvalue weighted by Crippen LogP contribution is -2.36. The lowest BCUT2D eigenvalue weighted by atomic mass is 10.2. The molecule has 1 aromatic carbocycles. The number of oxime groups is 1. The van der Waals surface area contributed by atoms with Gasteiger partial charge in [-0.3, -0.25) is 9.59 Å². The second kappa shape index (κ2) is 9.38. The zero-order valence-electron chi connectivity index (χ0n) is 12.7. The molecule has 0 spiro atoms. The molecule has 0 atom stereocenters. The first-order valence-electron chi connectivity index (χ1n) is 6.94. The summed E-state index contributed by atoms with van der Waals surface area (Å²) in [7, 11) is 0. The van der Waals surface area contributed by atoms with Crippen LogP contribution in [0.1, 0.15) is 19.4 Å². The fourth-order valence-corrected chi connectivity index (χ4v) is 1.80. The summed E-state index contributed by atoms with van der Waals surface area (Å²) >= 11 is 0. The predicted molar refractivity (Wildman–Crippen MR) is 81.3 cm³/mol. The maximum atomic E-state index is 11.7. The third-order valence-corrected chi connectivity index (χ3v) is 2.72. The van der Waals surface area contributed by atoms with E-state index in [0.717, 1.165) is 0 Å². The van der Waals surface area contributed by atoms with Crippen LogP contribution in [0.2, 0.25) is 0 Å². The predicted octanol–water partition coefficient (Wildman–Crippen LogP) is 1.43. The summed E-state index contributed by atoms with van der Waals surface area (Å²) in [6.07, 6.45) is 1.28. The number of benzene rings is 1. The first kappa shape index (κ1) is 17.5. The number of anilines is 1. The van der Waals surface area contributed by atoms with Crippen LogP contribution in [0.4, 0.5) is 5.69 Å². The number of ether oxygens (including phenoxy) is 2. The minimum Gasteiger partial charge on any atom is -0.465 e. The summed E-state index contributed by atoms with van der Waals surface area (Å²) in [5.41, 5.74) is 1.36. The Hall–Kier alpha value is -2.57. The molecule has 0 fully saturated rings. The normalized spacial score (nSPS) is 10.5. The van der Waals surface area contributed by atoms with Gasteiger partial charge in [0.1, 0.15) is 13.1 Å². The fraction of sp³-hybridized carbons (Fsp3) is 0.400. The van der Waals surface area contributed by atoms with Gasteiger partial charge in [0, 0.05) is 5.69 Å². The van der Waals surface area contributed by atoms with E-state index in [0.29, 0.717) is 11.3 Å². The number of carbonyl (C=O) groups is 2. The number of hydrogen-bond acceptors (Lipinski definition) is 7. The monoisotopic (exact) mass is 308 g/mol. The molecule has 0 aliphatic heterocycles. The minimum atomic E-state index is -0.423. The van der Waals surface area contributed by atoms with Gasteiger partial charge in [0.05, 0.1) is 19.4 Å². The third-order valence-electron chi connectivity index (χ3n) is 2.72. The van der Waals surface area contributed by atoms with Crippen molar-refractivity contribution < 1.29 is 24.3 Å². The van der Waals surface area contributed by atoms with Crippen molar-refractivity contribution >= 4 is 23.8 Å². The van der Waals surface area contributed by atoms with Crippen molar-refractivity contribution in [1.29, 1.82) is 0 Å². The van der Waals surface area contributed by atoms with Gasteiger partial charge in [-0.2, -0.15) is 0 Å². The molecular formula is C15H20N2O5. The lowest BCUT2D eigenvalue weighted by molar-refractivity contribution is -0.142. The van der Waals surface area contributed by atoms with Gasteiger partial charge >= 0.3 is 11.9 Å². The number of rotatable bonds is 8. The molecule has 7 heteroatoms. The molecule has 0 aromatic heterocycles. The zero-order chi connectivity index (χ0) is 16.4. The molecule has 1 aromatic rings. The van der Waals surface area contributed by atoms with Gasteiger partial charge in [-0.15, -0.1) is 0 Å². The van der Waals surface area contributed by atoms with Crippen LogP contribution < -0.4 is 4.90 Å². The van der Waals surface area contributed by atoms with E-state index >= 15 is 0 Å². The highest BCUT2D eigenvalue weighted by Crippen LogP contribution is 2.15. The Morgan fingerprint density at radius 3 is 2.00 bits per heavy atom. The van der Waals surface area contributed by atoms with E-state index in [-0.39, 0.29) is 26.3 Å². The van der Waals surface area contributed by atoms with Crippen LogP contribution in [0.15, 0.2) is 29.4 Å². The molecule has 120 valence electrons. The van der Waals surface area contributed by atoms with Crippen molar-refractivity contribution in [2.24, 2.45) is 5.16 Å². The molecular weight excluding hydrogens is 288 g/mol. The first-order chi connectivity index (χ1) is 10.6. The standard InChI is InChI=1S/C15H20N2O5/c1-3-21-14(18)10-17(11-15(19)22-4-2)13-7-5-12(6-8-13)9-16-20/h5-9,20H,3-4,10-11H2,1-2H3/b16-9-. The molecule has 7 nitrogen and oxygen atoms in total. The largest absolute Gasteiger partial charge is 0.465 e. The van der Waals surface area contributed by atoms with Gasteiger partial charge in [0.15, 0.2) is 0 Å². The number of carbonyl (C=O) groups excluding carboxylic acids is 2. The summed E-state index contributed by atoms with van der Waals surface area (Å²) in [4.78, 5) is 24.9. The lowest BCUT2D eigenvalue weighted by Gasteiger charge is -2.22. The molecule has 1 rings (SSSR count). The SMILES string of the molecule is CCOC(=O)CN(CC(=O)OCC)c1ccc(/C=N\O)cc1. The quantitative estimate of drug-likeness (QED) is 0.338. The summed E-state index contributed by atoms with van der Waals surface area (Å²) in [5.74, 6) is -0.847. The Morgan fingerprint density at radius 2 is 1.59 bits per heavy atom. The van der Waals surface area contributed by atoms with Crippen LogP contribution >= 0.6 is 0 Å². The van der Waals surface area contributed by atoms with E-state index in [1.165, 1.54) is 6.21 Å². The van der Waals surface area contributed by atoms with Crippen molar-refractivity contribution in [3.63, 3.8) is 0 Å². The number of hydrogen-bond donors (Lipinski definition) is 1. The summed E-state index contributed by atoms with van der Waals surface area (Å²) in [5, 5.41) is 11.4. The van der Waals surface area contributed by atoms with Gasteiger partial charge in [-0.1, -0.05) is 17.3 Å². The van der Waals surface area contributed by atoms with Crippen molar-refractivity contribution in [3.8, 4) is 0 Å². The Labute approximate surface area is 129 Å². The topological polar surface area (TPSA) is 88.4 Å². The Balaban J connectivity index is 2.87. The fourth-order valence-electron chi connectivity index (χ4n) is 1.80. The van der Waals surface area contributed by atoms with Crippen molar-refractivity contribution in [2.45, 2.75) is 13.8 Å². The summed E-state index contributed by atoms with van der Waals surface area (Å²) in [6, 6.07) is 6.85. The molecule has 0 amide bonds. The van der Waals surface area contributed by atoms with Crippen molar-refractivity contribution in [1.82, 2.24) is 0 Å². The van der Waals surface area contributed by atoms with E-state index in [4.69, 9.17) is 14.7 Å². The number of esters is 2. The maximum absolute atomic E-state index is 11.7. The zero-order valence-corrected chi connectivity index (χ0v) is 12.7. The molecule has 0 heterocycles. The first-order valence-corrected chi connectivity index (χ1v) is 6.94. The second-order valence-corrected chi connectivity index (χ2v) is 4.30. The van der Waals surface area contributed by atoms with Gasteiger partial charge in [0.25, 0.3) is 0 Å². The van der Waals surface area contributed by atoms with Crippen LogP contribution in [0.3, 0.4) is 0 Å². The molecule has 0 aliphatic carbocycles. The third kappa shape index (κ3) is 5.82. The van der Waals surface area contributed by atoms with Crippen LogP contribution in [-0.4, -0.2) is 49.7 Å². The van der Waals surface area contributed by atoms with E-state index in [9.17, 15) is 9.59 Å². The summed E-state index contributed by atoms with van der Waals surface area (Å²) in [6.45, 7) is 3.88. The van der Waals surface area contributed by atoms with E-state index in [2.05, 4.69) is 5.16 Å². The van der Waals surface area contributed by atoms with Gasteiger partial charge in [0.2, 0.25) is 0 Å². The summed E-state index contributed by atoms with van der Waals surface area (Å²) < 4.78 is 9.82. The molecule has 0 unspecified atom stereocenters. The van der Waals surface area contributed by atoms with E-state index < -0.39 is 11.9 Å². The van der Waals surface area contributed by atoms with Crippen molar-refractivity contribution in [3.05, 3.63) is 29.8 Å². The Bertz CT molecular complexity index is 493. The smallest absolute Gasteiger partial charge is 0.325 e. The minimum absolute atomic E-state index is 0.0555. The second-order valence-electron chi connectivity index (χ2n) is 4.30. The highest BCUT2D eigenvalue weighted by molar-refractivity contribution is 5.83. The van der Waals surface area contributed by atoms with Gasteiger partial charge < -0.3 is 19.6 Å². The van der Waals surface area contributed by atoms with Crippen LogP contribution in [0.5, 0.6) is 0 Å². The van der Waals surface area contributed by atoms with Crippen LogP contribution in [0, 0.1) is 0 Å². The Morgan fingerprint density at radius 1 is 1.09 bits per heavy atom. The highest BCUT2D eigenvalue weighted by Gasteiger charge is 2.16. The average Bonchev–Trinajstić information content (AvgIpc) is 2.48. The van der Waals surface area contributed by atoms with E-state index in [1.807, 2.05) is 0 Å². The molecule has 0 bridgehead atoms. The van der Waals surface area contributed by atoms with Gasteiger partial charge in [-0.25, -0.2) is 0 Å².